The molecule has 0 spiro atoms. The van der Waals surface area contributed by atoms with E-state index in [9.17, 15) is 14.9 Å². The number of hydrogen-bond acceptors (Lipinski definition) is 5. The highest BCUT2D eigenvalue weighted by Crippen LogP contribution is 2.67. The number of benzene rings is 2. The molecule has 1 N–H and O–H groups in total. The smallest absolute Gasteiger partial charge is 0.411 e. The fourth-order valence-corrected chi connectivity index (χ4v) is 7.16. The summed E-state index contributed by atoms with van der Waals surface area (Å²) in [6, 6.07) is 11.2. The van der Waals surface area contributed by atoms with Gasteiger partial charge in [-0.2, -0.15) is 10.4 Å². The molecular weight excluding hydrogens is 509 g/mol. The van der Waals surface area contributed by atoms with E-state index in [2.05, 4.69) is 23.4 Å². The van der Waals surface area contributed by atoms with Crippen molar-refractivity contribution >= 4 is 22.9 Å². The molecule has 0 radical (unpaired) electrons. The number of carbonyl (C=O) groups is 2. The summed E-state index contributed by atoms with van der Waals surface area (Å²) in [7, 11) is 1.86. The van der Waals surface area contributed by atoms with Crippen molar-refractivity contribution in [3.8, 4) is 17.2 Å². The predicted octanol–water partition coefficient (Wildman–Crippen LogP) is 4.82. The van der Waals surface area contributed by atoms with E-state index in [1.165, 1.54) is 6.07 Å². The van der Waals surface area contributed by atoms with Gasteiger partial charge in [-0.15, -0.1) is 0 Å². The number of carbonyl (C=O) groups excluding carboxylic acids is 2. The van der Waals surface area contributed by atoms with Crippen LogP contribution < -0.4 is 5.32 Å². The van der Waals surface area contributed by atoms with Gasteiger partial charge in [0.2, 0.25) is 5.91 Å². The Bertz CT molecular complexity index is 1550. The number of aryl methyl sites for hydroxylation is 1. The fourth-order valence-electron chi connectivity index (χ4n) is 7.16. The van der Waals surface area contributed by atoms with Crippen LogP contribution in [0.1, 0.15) is 39.7 Å². The summed E-state index contributed by atoms with van der Waals surface area (Å²) < 4.78 is 22.7. The first-order chi connectivity index (χ1) is 19.0. The lowest BCUT2D eigenvalue weighted by Crippen LogP contribution is -2.56. The van der Waals surface area contributed by atoms with E-state index >= 15 is 4.39 Å². The lowest BCUT2D eigenvalue weighted by Gasteiger charge is -2.35. The Kier molecular flexibility index (Phi) is 6.13. The van der Waals surface area contributed by atoms with Crippen LogP contribution in [0.4, 0.5) is 9.18 Å². The number of aromatic nitrogens is 2. The van der Waals surface area contributed by atoms with Gasteiger partial charge in [0.25, 0.3) is 0 Å². The number of halogens is 1. The molecule has 9 heteroatoms. The number of hydrogen-bond donors (Lipinski definition) is 1. The molecule has 1 saturated heterocycles. The summed E-state index contributed by atoms with van der Waals surface area (Å²) in [4.78, 5) is 28.3. The van der Waals surface area contributed by atoms with E-state index < -0.39 is 29.6 Å². The van der Waals surface area contributed by atoms with Crippen molar-refractivity contribution in [1.29, 1.82) is 5.26 Å². The van der Waals surface area contributed by atoms with Crippen molar-refractivity contribution in [3.05, 3.63) is 54.0 Å². The zero-order valence-electron chi connectivity index (χ0n) is 23.4. The highest BCUT2D eigenvalue weighted by molar-refractivity contribution is 5.88. The van der Waals surface area contributed by atoms with Gasteiger partial charge in [0.05, 0.1) is 17.8 Å². The zero-order valence-corrected chi connectivity index (χ0v) is 23.4. The van der Waals surface area contributed by atoms with Crippen molar-refractivity contribution in [2.24, 2.45) is 30.7 Å². The van der Waals surface area contributed by atoms with Gasteiger partial charge in [0.1, 0.15) is 23.5 Å². The summed E-state index contributed by atoms with van der Waals surface area (Å²) in [5.74, 6) is 0.509. The van der Waals surface area contributed by atoms with Gasteiger partial charge in [-0.05, 0) is 79.7 Å². The van der Waals surface area contributed by atoms with Gasteiger partial charge in [-0.1, -0.05) is 31.2 Å². The number of likely N-dealkylation sites (tertiary alicyclic amines) is 1. The minimum atomic E-state index is -0.939. The summed E-state index contributed by atoms with van der Waals surface area (Å²) in [6.07, 6.45) is 2.09. The molecule has 2 bridgehead atoms. The van der Waals surface area contributed by atoms with E-state index in [1.807, 2.05) is 31.3 Å². The molecule has 7 atom stereocenters. The largest absolute Gasteiger partial charge is 0.444 e. The van der Waals surface area contributed by atoms with Crippen LogP contribution in [0, 0.1) is 40.8 Å². The SMILES string of the molecule is CC1C2C1[C@@H]1C[C@H]2[C@@H](C(=O)N[C@H](C#N)Cc2ccc(-c3ccc4cnn(C)c4c3)cc2F)N1C(=O)OC(C)(C)C. The molecule has 2 amide bonds. The Morgan fingerprint density at radius 1 is 1.20 bits per heavy atom. The first-order valence-corrected chi connectivity index (χ1v) is 13.9. The van der Waals surface area contributed by atoms with Gasteiger partial charge >= 0.3 is 6.09 Å². The quantitative estimate of drug-likeness (QED) is 0.497. The van der Waals surface area contributed by atoms with Gasteiger partial charge in [-0.25, -0.2) is 9.18 Å². The molecule has 3 unspecified atom stereocenters. The number of nitrogens with zero attached hydrogens (tertiary/aromatic N) is 4. The maximum Gasteiger partial charge on any atom is 0.411 e. The molecule has 1 aliphatic heterocycles. The number of nitrogens with one attached hydrogen (secondary N) is 1. The van der Waals surface area contributed by atoms with Crippen LogP contribution in [0.15, 0.2) is 42.6 Å². The van der Waals surface area contributed by atoms with Gasteiger partial charge in [0, 0.05) is 24.9 Å². The fraction of sp³-hybridized carbons (Fsp3) is 0.484. The Hall–Kier alpha value is -3.93. The van der Waals surface area contributed by atoms with Crippen molar-refractivity contribution < 1.29 is 18.7 Å². The predicted molar refractivity (Wildman–Crippen MR) is 147 cm³/mol. The molecule has 3 aliphatic rings. The molecule has 40 heavy (non-hydrogen) atoms. The van der Waals surface area contributed by atoms with Crippen LogP contribution in [0.2, 0.25) is 0 Å². The van der Waals surface area contributed by atoms with Gasteiger partial charge in [-0.3, -0.25) is 14.4 Å². The maximum atomic E-state index is 15.2. The van der Waals surface area contributed by atoms with Crippen LogP contribution in [0.3, 0.4) is 0 Å². The Morgan fingerprint density at radius 2 is 1.93 bits per heavy atom. The van der Waals surface area contributed by atoms with Crippen LogP contribution in [0.5, 0.6) is 0 Å². The molecule has 2 aromatic carbocycles. The standard InChI is InChI=1S/C31H34FN5O3/c1-16-26-22-13-25(27(16)26)37(30(39)40-31(2,3)4)28(22)29(38)35-21(14-33)10-19-8-6-17(11-23(19)32)18-7-9-20-15-34-36(5)24(20)12-18/h6-9,11-12,15-16,21-22,25-28H,10,13H2,1-5H3,(H,35,38)/t16?,21-,22+,25-,26?,27?,28-/m0/s1. The van der Waals surface area contributed by atoms with E-state index in [1.54, 1.807) is 42.6 Å². The average molecular weight is 544 g/mol. The molecule has 3 fully saturated rings. The molecule has 2 aliphatic carbocycles. The third kappa shape index (κ3) is 4.40. The van der Waals surface area contributed by atoms with E-state index in [0.717, 1.165) is 22.9 Å². The van der Waals surface area contributed by atoms with Gasteiger partial charge < -0.3 is 10.1 Å². The summed E-state index contributed by atoms with van der Waals surface area (Å²) in [5, 5.41) is 17.9. The first kappa shape index (κ1) is 26.3. The minimum Gasteiger partial charge on any atom is -0.444 e. The lowest BCUT2D eigenvalue weighted by atomic mass is 9.94. The number of ether oxygens (including phenoxy) is 1. The second-order valence-corrected chi connectivity index (χ2v) is 12.6. The topological polar surface area (TPSA) is 100 Å². The van der Waals surface area contributed by atoms with Crippen LogP contribution in [0.25, 0.3) is 22.0 Å². The lowest BCUT2D eigenvalue weighted by molar-refractivity contribution is -0.128. The highest BCUT2D eigenvalue weighted by atomic mass is 19.1. The molecule has 2 saturated carbocycles. The van der Waals surface area contributed by atoms with E-state index in [4.69, 9.17) is 4.74 Å². The van der Waals surface area contributed by atoms with Crippen molar-refractivity contribution in [3.63, 3.8) is 0 Å². The Morgan fingerprint density at radius 3 is 2.62 bits per heavy atom. The number of amides is 2. The average Bonchev–Trinajstić information content (AvgIpc) is 3.21. The van der Waals surface area contributed by atoms with Crippen LogP contribution in [-0.2, 0) is 23.0 Å². The Balaban J connectivity index is 1.18. The van der Waals surface area contributed by atoms with Crippen molar-refractivity contribution in [2.75, 3.05) is 0 Å². The minimum absolute atomic E-state index is 0.0187. The molecule has 3 aromatic rings. The van der Waals surface area contributed by atoms with E-state index in [0.29, 0.717) is 28.9 Å². The molecule has 208 valence electrons. The molecule has 2 heterocycles. The number of rotatable bonds is 5. The third-order valence-electron chi connectivity index (χ3n) is 8.94. The molecular formula is C31H34FN5O3. The summed E-state index contributed by atoms with van der Waals surface area (Å²) >= 11 is 0. The van der Waals surface area contributed by atoms with Gasteiger partial charge in [0.15, 0.2) is 0 Å². The maximum absolute atomic E-state index is 15.2. The molecule has 1 aromatic heterocycles. The second-order valence-electron chi connectivity index (χ2n) is 12.6. The van der Waals surface area contributed by atoms with Crippen LogP contribution in [-0.4, -0.2) is 50.4 Å². The number of fused-ring (bicyclic) bond motifs is 6. The van der Waals surface area contributed by atoms with E-state index in [-0.39, 0.29) is 24.3 Å². The van der Waals surface area contributed by atoms with Crippen molar-refractivity contribution in [1.82, 2.24) is 20.0 Å². The number of piperidine rings is 1. The second kappa shape index (κ2) is 9.33. The normalized spacial score (nSPS) is 27.3. The third-order valence-corrected chi connectivity index (χ3v) is 8.94. The molecule has 6 rings (SSSR count). The monoisotopic (exact) mass is 543 g/mol. The first-order valence-electron chi connectivity index (χ1n) is 13.9. The summed E-state index contributed by atoms with van der Waals surface area (Å²) in [6.45, 7) is 7.58. The highest BCUT2D eigenvalue weighted by Gasteiger charge is 2.71. The number of nitriles is 1. The van der Waals surface area contributed by atoms with Crippen LogP contribution >= 0.6 is 0 Å². The Labute approximate surface area is 233 Å². The van der Waals surface area contributed by atoms with Crippen molar-refractivity contribution in [2.45, 2.75) is 64.3 Å². The summed E-state index contributed by atoms with van der Waals surface area (Å²) in [5.41, 5.74) is 2.17. The molecule has 8 nitrogen and oxygen atoms in total. The zero-order chi connectivity index (χ0) is 28.5.